The van der Waals surface area contributed by atoms with Gasteiger partial charge in [0.15, 0.2) is 0 Å². The summed E-state index contributed by atoms with van der Waals surface area (Å²) < 4.78 is 29.0. The highest BCUT2D eigenvalue weighted by atomic mass is 16.6. The molecule has 0 aromatic heterocycles. The normalized spacial score (nSPS) is 19.9. The first kappa shape index (κ1) is 52.2. The third kappa shape index (κ3) is 24.2. The van der Waals surface area contributed by atoms with E-state index in [0.29, 0.717) is 38.5 Å². The Balaban J connectivity index is 1.92. The van der Waals surface area contributed by atoms with Gasteiger partial charge < -0.3 is 28.6 Å². The molecule has 2 rings (SSSR count). The van der Waals surface area contributed by atoms with Gasteiger partial charge in [0.2, 0.25) is 0 Å². The maximum atomic E-state index is 13.3. The smallest absolute Gasteiger partial charge is 0.310 e. The third-order valence-corrected chi connectivity index (χ3v) is 11.9. The summed E-state index contributed by atoms with van der Waals surface area (Å²) in [7, 11) is 2.02. The Labute approximate surface area is 357 Å². The Morgan fingerprint density at radius 1 is 0.627 bits per heavy atom. The number of likely N-dealkylation sites (tertiary alicyclic amines) is 1. The van der Waals surface area contributed by atoms with Crippen molar-refractivity contribution in [3.05, 3.63) is 12.2 Å². The van der Waals surface area contributed by atoms with Crippen LogP contribution in [0.25, 0.3) is 0 Å². The van der Waals surface area contributed by atoms with E-state index in [0.717, 1.165) is 103 Å². The van der Waals surface area contributed by atoms with Crippen LogP contribution in [-0.4, -0.2) is 86.9 Å². The fourth-order valence-corrected chi connectivity index (χ4v) is 8.20. The molecule has 1 aliphatic carbocycles. The van der Waals surface area contributed by atoms with Crippen LogP contribution in [0.5, 0.6) is 0 Å². The first-order valence-electron chi connectivity index (χ1n) is 23.8. The van der Waals surface area contributed by atoms with Gasteiger partial charge in [-0.15, -0.1) is 0 Å². The molecule has 5 unspecified atom stereocenters. The number of allylic oxidation sites excluding steroid dienone is 2. The molecular formula is C48H83NO10. The molecule has 2 aliphatic rings. The second kappa shape index (κ2) is 32.8. The van der Waals surface area contributed by atoms with E-state index in [1.165, 1.54) is 19.3 Å². The van der Waals surface area contributed by atoms with Crippen molar-refractivity contribution < 1.29 is 47.7 Å². The van der Waals surface area contributed by atoms with Crippen molar-refractivity contribution in [2.45, 2.75) is 200 Å². The number of esters is 5. The predicted molar refractivity (Wildman–Crippen MR) is 231 cm³/mol. The van der Waals surface area contributed by atoms with Crippen molar-refractivity contribution >= 4 is 29.8 Å². The van der Waals surface area contributed by atoms with Crippen molar-refractivity contribution in [3.63, 3.8) is 0 Å². The summed E-state index contributed by atoms with van der Waals surface area (Å²) in [6.45, 7) is 10.5. The number of unbranched alkanes of at least 4 members (excludes halogenated alkanes) is 10. The average molecular weight is 834 g/mol. The lowest BCUT2D eigenvalue weighted by Gasteiger charge is -2.25. The molecule has 0 aromatic rings. The van der Waals surface area contributed by atoms with E-state index in [1.54, 1.807) is 0 Å². The molecule has 1 aliphatic heterocycles. The van der Waals surface area contributed by atoms with Gasteiger partial charge in [-0.05, 0) is 90.1 Å². The highest BCUT2D eigenvalue weighted by Gasteiger charge is 2.40. The fourth-order valence-electron chi connectivity index (χ4n) is 8.20. The summed E-state index contributed by atoms with van der Waals surface area (Å²) in [4.78, 5) is 66.2. The number of hydrogen-bond acceptors (Lipinski definition) is 11. The number of carbonyl (C=O) groups excluding carboxylic acids is 5. The van der Waals surface area contributed by atoms with E-state index in [-0.39, 0.29) is 92.3 Å². The molecule has 0 N–H and O–H groups in total. The van der Waals surface area contributed by atoms with Crippen molar-refractivity contribution in [2.75, 3.05) is 40.0 Å². The SMILES string of the molecule is CC/C=C\CC1C(CC(=O)OCC(CCCCCCCC)OC(=O)CCCCC(COC(=O)CCCCC)COC(=O)CCCCC)CCC1OC(=O)C1CCN(C)C1. The maximum absolute atomic E-state index is 13.3. The van der Waals surface area contributed by atoms with Gasteiger partial charge in [-0.3, -0.25) is 24.0 Å². The van der Waals surface area contributed by atoms with Crippen LogP contribution in [0.3, 0.4) is 0 Å². The van der Waals surface area contributed by atoms with Crippen molar-refractivity contribution in [1.29, 1.82) is 0 Å². The molecule has 2 fully saturated rings. The van der Waals surface area contributed by atoms with E-state index in [4.69, 9.17) is 23.7 Å². The number of carbonyl (C=O) groups is 5. The van der Waals surface area contributed by atoms with Crippen LogP contribution in [0.2, 0.25) is 0 Å². The molecule has 59 heavy (non-hydrogen) atoms. The molecule has 340 valence electrons. The van der Waals surface area contributed by atoms with Gasteiger partial charge >= 0.3 is 29.8 Å². The zero-order valence-electron chi connectivity index (χ0n) is 37.9. The molecule has 1 saturated carbocycles. The second-order valence-corrected chi connectivity index (χ2v) is 17.3. The van der Waals surface area contributed by atoms with E-state index >= 15 is 0 Å². The van der Waals surface area contributed by atoms with Crippen LogP contribution in [0.15, 0.2) is 12.2 Å². The summed E-state index contributed by atoms with van der Waals surface area (Å²) in [5, 5.41) is 0. The predicted octanol–water partition coefficient (Wildman–Crippen LogP) is 10.3. The van der Waals surface area contributed by atoms with Crippen LogP contribution in [0.4, 0.5) is 0 Å². The zero-order valence-corrected chi connectivity index (χ0v) is 37.9. The van der Waals surface area contributed by atoms with Crippen LogP contribution in [-0.2, 0) is 47.7 Å². The Morgan fingerprint density at radius 2 is 1.20 bits per heavy atom. The first-order chi connectivity index (χ1) is 28.6. The highest BCUT2D eigenvalue weighted by Crippen LogP contribution is 2.40. The summed E-state index contributed by atoms with van der Waals surface area (Å²) in [5.41, 5.74) is 0. The number of ether oxygens (including phenoxy) is 5. The van der Waals surface area contributed by atoms with Gasteiger partial charge in [-0.1, -0.05) is 104 Å². The monoisotopic (exact) mass is 834 g/mol. The Hall–Kier alpha value is -2.95. The second-order valence-electron chi connectivity index (χ2n) is 17.3. The first-order valence-corrected chi connectivity index (χ1v) is 23.8. The lowest BCUT2D eigenvalue weighted by Crippen LogP contribution is -2.30. The molecule has 0 bridgehead atoms. The largest absolute Gasteiger partial charge is 0.465 e. The van der Waals surface area contributed by atoms with Gasteiger partial charge in [0.25, 0.3) is 0 Å². The van der Waals surface area contributed by atoms with Gasteiger partial charge in [0.05, 0.1) is 19.1 Å². The molecule has 0 spiro atoms. The summed E-state index contributed by atoms with van der Waals surface area (Å²) in [6, 6.07) is 0. The third-order valence-electron chi connectivity index (χ3n) is 11.9. The number of hydrogen-bond donors (Lipinski definition) is 0. The van der Waals surface area contributed by atoms with Gasteiger partial charge in [-0.2, -0.15) is 0 Å². The van der Waals surface area contributed by atoms with Crippen LogP contribution in [0.1, 0.15) is 188 Å². The van der Waals surface area contributed by atoms with Gasteiger partial charge in [0.1, 0.15) is 18.8 Å². The topological polar surface area (TPSA) is 135 Å². The van der Waals surface area contributed by atoms with Crippen molar-refractivity contribution in [2.24, 2.45) is 23.7 Å². The van der Waals surface area contributed by atoms with E-state index < -0.39 is 6.10 Å². The minimum atomic E-state index is -0.519. The number of rotatable bonds is 34. The van der Waals surface area contributed by atoms with Crippen molar-refractivity contribution in [3.8, 4) is 0 Å². The van der Waals surface area contributed by atoms with Crippen LogP contribution < -0.4 is 0 Å². The van der Waals surface area contributed by atoms with Crippen LogP contribution in [0, 0.1) is 23.7 Å². The zero-order chi connectivity index (χ0) is 43.1. The Morgan fingerprint density at radius 3 is 1.83 bits per heavy atom. The molecule has 11 heteroatoms. The molecule has 1 saturated heterocycles. The minimum Gasteiger partial charge on any atom is -0.465 e. The minimum absolute atomic E-state index is 0.0234. The lowest BCUT2D eigenvalue weighted by atomic mass is 9.88. The molecular weight excluding hydrogens is 751 g/mol. The van der Waals surface area contributed by atoms with Gasteiger partial charge in [-0.25, -0.2) is 0 Å². The fraction of sp³-hybridized carbons (Fsp3) is 0.854. The lowest BCUT2D eigenvalue weighted by molar-refractivity contribution is -0.161. The summed E-state index contributed by atoms with van der Waals surface area (Å²) in [5.74, 6) is -1.35. The van der Waals surface area contributed by atoms with E-state index in [2.05, 4.69) is 44.7 Å². The summed E-state index contributed by atoms with van der Waals surface area (Å²) >= 11 is 0. The average Bonchev–Trinajstić information content (AvgIpc) is 3.82. The maximum Gasteiger partial charge on any atom is 0.310 e. The molecule has 0 aromatic carbocycles. The molecule has 0 radical (unpaired) electrons. The number of nitrogens with zero attached hydrogens (tertiary/aromatic N) is 1. The summed E-state index contributed by atoms with van der Waals surface area (Å²) in [6.07, 6.45) is 23.5. The van der Waals surface area contributed by atoms with E-state index in [9.17, 15) is 24.0 Å². The molecule has 0 amide bonds. The molecule has 11 nitrogen and oxygen atoms in total. The Kier molecular flexibility index (Phi) is 29.0. The van der Waals surface area contributed by atoms with Crippen molar-refractivity contribution in [1.82, 2.24) is 4.90 Å². The Bertz CT molecular complexity index is 1180. The molecule has 1 heterocycles. The molecule has 5 atom stereocenters. The highest BCUT2D eigenvalue weighted by molar-refractivity contribution is 5.73. The standard InChI is InChI=1S/C48H83NO10/c1-6-10-14-15-16-20-24-41(37-57-47(53)33-39-29-30-43(42(39)25-17-11-7-2)59-48(54)40-31-32-49(5)34-40)58-46(52)28-22-21-23-38(35-55-44(50)26-18-12-8-3)36-56-45(51)27-19-13-9-4/h11,17,38-43H,6-10,12-16,18-37H2,1-5H3/b17-11-. The van der Waals surface area contributed by atoms with Gasteiger partial charge in [0, 0.05) is 44.1 Å². The van der Waals surface area contributed by atoms with Crippen LogP contribution >= 0.6 is 0 Å². The van der Waals surface area contributed by atoms with E-state index in [1.807, 2.05) is 7.05 Å². The quantitative estimate of drug-likeness (QED) is 0.0265.